The van der Waals surface area contributed by atoms with Crippen molar-refractivity contribution in [3.8, 4) is 34.5 Å². The minimum atomic E-state index is -0.355. The monoisotopic (exact) mass is 502 g/mol. The number of aliphatic hydroxyl groups is 1. The van der Waals surface area contributed by atoms with E-state index in [1.165, 1.54) is 30.1 Å². The summed E-state index contributed by atoms with van der Waals surface area (Å²) in [7, 11) is 0. The van der Waals surface area contributed by atoms with Crippen molar-refractivity contribution in [3.05, 3.63) is 76.8 Å². The highest BCUT2D eigenvalue weighted by Crippen LogP contribution is 2.42. The van der Waals surface area contributed by atoms with E-state index in [0.717, 1.165) is 0 Å². The van der Waals surface area contributed by atoms with Crippen molar-refractivity contribution in [3.63, 3.8) is 0 Å². The average Bonchev–Trinajstić information content (AvgIpc) is 3.26. The summed E-state index contributed by atoms with van der Waals surface area (Å²) < 4.78 is 24.3. The maximum absolute atomic E-state index is 13.2. The number of rotatable bonds is 8. The van der Waals surface area contributed by atoms with Crippen LogP contribution in [0.25, 0.3) is 27.4 Å². The molecule has 3 heterocycles. The molecule has 180 valence electrons. The third kappa shape index (κ3) is 5.13. The van der Waals surface area contributed by atoms with Crippen molar-refractivity contribution < 1.29 is 18.7 Å². The van der Waals surface area contributed by atoms with Crippen LogP contribution in [0.1, 0.15) is 17.0 Å². The zero-order chi connectivity index (χ0) is 25.7. The molecule has 3 aromatic heterocycles. The van der Waals surface area contributed by atoms with Crippen molar-refractivity contribution in [2.75, 3.05) is 18.9 Å². The summed E-state index contributed by atoms with van der Waals surface area (Å²) in [5.41, 5.74) is 8.43. The lowest BCUT2D eigenvalue weighted by Gasteiger charge is -2.13. The predicted octanol–water partition coefficient (Wildman–Crippen LogP) is 4.91. The fourth-order valence-electron chi connectivity index (χ4n) is 3.35. The Morgan fingerprint density at radius 3 is 2.61 bits per heavy atom. The number of benzene rings is 1. The number of pyridine rings is 2. The first-order chi connectivity index (χ1) is 17.4. The number of halogens is 1. The Labute approximate surface area is 210 Å². The number of nitrogens with two attached hydrogens (primary N) is 1. The first-order valence-electron chi connectivity index (χ1n) is 10.6. The number of hydrogen-bond acceptors (Lipinski definition) is 9. The molecule has 0 unspecified atom stereocenters. The Hall–Kier alpha value is -4.45. The van der Waals surface area contributed by atoms with Crippen LogP contribution in [0.5, 0.6) is 5.88 Å². The van der Waals surface area contributed by atoms with Crippen LogP contribution in [-0.2, 0) is 5.75 Å². The molecular formula is C25H19FN6O3S. The Kier molecular flexibility index (Phi) is 7.44. The highest BCUT2D eigenvalue weighted by Gasteiger charge is 2.22. The smallest absolute Gasteiger partial charge is 0.237 e. The summed E-state index contributed by atoms with van der Waals surface area (Å²) in [6, 6.07) is 11.2. The number of nitriles is 1. The number of hydrogen-bond donors (Lipinski definition) is 2. The molecule has 0 fully saturated rings. The Balaban J connectivity index is 1.66. The van der Waals surface area contributed by atoms with Crippen molar-refractivity contribution in [1.29, 1.82) is 5.26 Å². The zero-order valence-electron chi connectivity index (χ0n) is 19.0. The zero-order valence-corrected chi connectivity index (χ0v) is 19.8. The van der Waals surface area contributed by atoms with Crippen LogP contribution in [-0.4, -0.2) is 33.3 Å². The second-order valence-electron chi connectivity index (χ2n) is 7.40. The van der Waals surface area contributed by atoms with Gasteiger partial charge in [-0.3, -0.25) is 0 Å². The number of thioether (sulfide) groups is 1. The molecule has 0 saturated heterocycles. The molecule has 36 heavy (non-hydrogen) atoms. The number of nitrogen functional groups attached to an aromatic ring is 1. The van der Waals surface area contributed by atoms with E-state index < -0.39 is 0 Å². The largest absolute Gasteiger partial charge is 0.475 e. The molecule has 9 nitrogen and oxygen atoms in total. The van der Waals surface area contributed by atoms with Crippen molar-refractivity contribution in [2.24, 2.45) is 0 Å². The summed E-state index contributed by atoms with van der Waals surface area (Å²) in [5.74, 6) is 1.19. The van der Waals surface area contributed by atoms with Crippen LogP contribution >= 0.6 is 11.8 Å². The van der Waals surface area contributed by atoms with Gasteiger partial charge in [-0.25, -0.2) is 24.2 Å². The standard InChI is InChI=1S/C25H19FN6O3S/c1-14-19(31-24(35-14)15-3-6-17(26)7-4-15)13-36-25-18(11-27)21(22(29-2)23(28)32-25)16-5-8-20(30-12-16)34-10-9-33/h3-8,12,33H,9-10,13H2,1H3,(H2,28,32). The summed E-state index contributed by atoms with van der Waals surface area (Å²) in [6.07, 6.45) is 1.47. The average molecular weight is 503 g/mol. The van der Waals surface area contributed by atoms with Gasteiger partial charge in [0.05, 0.1) is 24.4 Å². The Morgan fingerprint density at radius 2 is 1.97 bits per heavy atom. The summed E-state index contributed by atoms with van der Waals surface area (Å²) in [5, 5.41) is 19.2. The fraction of sp³-hybridized carbons (Fsp3) is 0.160. The topological polar surface area (TPSA) is 135 Å². The van der Waals surface area contributed by atoms with Crippen LogP contribution in [0.3, 0.4) is 0 Å². The molecule has 11 heteroatoms. The highest BCUT2D eigenvalue weighted by molar-refractivity contribution is 7.98. The molecule has 0 radical (unpaired) electrons. The number of oxazole rings is 1. The number of anilines is 1. The molecule has 0 aliphatic rings. The number of nitrogens with zero attached hydrogens (tertiary/aromatic N) is 5. The van der Waals surface area contributed by atoms with Gasteiger partial charge in [0, 0.05) is 29.1 Å². The van der Waals surface area contributed by atoms with Gasteiger partial charge in [-0.1, -0.05) is 11.8 Å². The Bertz CT molecular complexity index is 1470. The van der Waals surface area contributed by atoms with Gasteiger partial charge in [0.2, 0.25) is 17.5 Å². The van der Waals surface area contributed by atoms with Gasteiger partial charge in [-0.05, 0) is 42.8 Å². The van der Waals surface area contributed by atoms with E-state index in [1.54, 1.807) is 31.2 Å². The maximum Gasteiger partial charge on any atom is 0.237 e. The van der Waals surface area contributed by atoms with Crippen molar-refractivity contribution in [2.45, 2.75) is 17.7 Å². The number of aryl methyl sites for hydroxylation is 1. The van der Waals surface area contributed by atoms with Crippen LogP contribution < -0.4 is 10.5 Å². The molecule has 3 N–H and O–H groups in total. The van der Waals surface area contributed by atoms with Crippen LogP contribution in [0, 0.1) is 30.6 Å². The van der Waals surface area contributed by atoms with Gasteiger partial charge in [0.1, 0.15) is 35.1 Å². The van der Waals surface area contributed by atoms with Crippen LogP contribution in [0.15, 0.2) is 52.0 Å². The van der Waals surface area contributed by atoms with Crippen LogP contribution in [0.2, 0.25) is 0 Å². The van der Waals surface area contributed by atoms with Crippen molar-refractivity contribution in [1.82, 2.24) is 15.0 Å². The van der Waals surface area contributed by atoms with Crippen LogP contribution in [0.4, 0.5) is 15.9 Å². The third-order valence-corrected chi connectivity index (χ3v) is 6.07. The summed E-state index contributed by atoms with van der Waals surface area (Å²) >= 11 is 1.23. The van der Waals surface area contributed by atoms with Gasteiger partial charge >= 0.3 is 0 Å². The molecule has 0 amide bonds. The van der Waals surface area contributed by atoms with E-state index in [9.17, 15) is 9.65 Å². The first kappa shape index (κ1) is 24.7. The molecule has 1 aromatic carbocycles. The lowest BCUT2D eigenvalue weighted by Crippen LogP contribution is -2.03. The molecule has 0 bridgehead atoms. The van der Waals surface area contributed by atoms with E-state index in [2.05, 4.69) is 25.9 Å². The maximum atomic E-state index is 13.2. The molecule has 0 aliphatic carbocycles. The molecule has 4 rings (SSSR count). The van der Waals surface area contributed by atoms with Gasteiger partial charge in [-0.2, -0.15) is 5.26 Å². The molecule has 0 atom stereocenters. The molecule has 0 aliphatic heterocycles. The molecule has 0 spiro atoms. The van der Waals surface area contributed by atoms with E-state index in [4.69, 9.17) is 26.6 Å². The molecular weight excluding hydrogens is 483 g/mol. The van der Waals surface area contributed by atoms with Crippen molar-refractivity contribution >= 4 is 23.3 Å². The number of aromatic nitrogens is 3. The van der Waals surface area contributed by atoms with Gasteiger partial charge in [-0.15, -0.1) is 0 Å². The first-order valence-corrected chi connectivity index (χ1v) is 11.6. The second kappa shape index (κ2) is 10.9. The second-order valence-corrected chi connectivity index (χ2v) is 8.36. The molecule has 4 aromatic rings. The minimum Gasteiger partial charge on any atom is -0.475 e. The summed E-state index contributed by atoms with van der Waals surface area (Å²) in [4.78, 5) is 16.5. The fourth-order valence-corrected chi connectivity index (χ4v) is 4.35. The van der Waals surface area contributed by atoms with Gasteiger partial charge in [0.25, 0.3) is 0 Å². The lowest BCUT2D eigenvalue weighted by atomic mass is 10.0. The number of ether oxygens (including phenoxy) is 1. The highest BCUT2D eigenvalue weighted by atomic mass is 32.2. The Morgan fingerprint density at radius 1 is 1.22 bits per heavy atom. The summed E-state index contributed by atoms with van der Waals surface area (Å²) in [6.45, 7) is 9.29. The molecule has 0 saturated carbocycles. The normalized spacial score (nSPS) is 10.6. The lowest BCUT2D eigenvalue weighted by molar-refractivity contribution is 0.196. The minimum absolute atomic E-state index is 0.00835. The van der Waals surface area contributed by atoms with E-state index in [-0.39, 0.29) is 36.1 Å². The number of aliphatic hydroxyl groups excluding tert-OH is 1. The van der Waals surface area contributed by atoms with E-state index in [0.29, 0.717) is 50.7 Å². The third-order valence-electron chi connectivity index (χ3n) is 5.08. The van der Waals surface area contributed by atoms with E-state index in [1.807, 2.05) is 0 Å². The predicted molar refractivity (Wildman–Crippen MR) is 132 cm³/mol. The quantitative estimate of drug-likeness (QED) is 0.254. The van der Waals surface area contributed by atoms with Gasteiger partial charge < -0.3 is 20.0 Å². The SMILES string of the molecule is [C-]#[N+]c1c(N)nc(SCc2nc(-c3ccc(F)cc3)oc2C)c(C#N)c1-c1ccc(OCCO)nc1. The van der Waals surface area contributed by atoms with Gasteiger partial charge in [0.15, 0.2) is 0 Å². The van der Waals surface area contributed by atoms with E-state index >= 15 is 0 Å².